The zero-order chi connectivity index (χ0) is 23.3. The summed E-state index contributed by atoms with van der Waals surface area (Å²) in [5.74, 6) is -4.13. The van der Waals surface area contributed by atoms with Crippen LogP contribution in [0.4, 0.5) is 4.39 Å². The molecule has 1 fully saturated rings. The van der Waals surface area contributed by atoms with Crippen LogP contribution < -0.4 is 16.6 Å². The summed E-state index contributed by atoms with van der Waals surface area (Å²) in [5, 5.41) is 21.3. The topological polar surface area (TPSA) is 177 Å². The minimum absolute atomic E-state index is 0.101. The SMILES string of the molecule is CC(C)C(NC(=O)CCC(=O)O)[P+](=O)OC[C@@H]1O[C@H](n2cc(F)c(=O)[nH]c2=O)CC1O. The number of carboxylic acids is 1. The van der Waals surface area contributed by atoms with Gasteiger partial charge in [0.2, 0.25) is 11.7 Å². The van der Waals surface area contributed by atoms with Gasteiger partial charge in [-0.3, -0.25) is 23.9 Å². The smallest absolute Gasteiger partial charge is 0.481 e. The summed E-state index contributed by atoms with van der Waals surface area (Å²) >= 11 is 0. The van der Waals surface area contributed by atoms with Gasteiger partial charge in [0.05, 0.1) is 18.7 Å². The van der Waals surface area contributed by atoms with Gasteiger partial charge in [0, 0.05) is 18.8 Å². The number of aliphatic hydroxyl groups is 1. The lowest BCUT2D eigenvalue weighted by Crippen LogP contribution is -2.37. The highest BCUT2D eigenvalue weighted by Crippen LogP contribution is 2.35. The Kier molecular flexibility index (Phi) is 8.57. The van der Waals surface area contributed by atoms with Crippen molar-refractivity contribution >= 4 is 19.9 Å². The molecule has 14 heteroatoms. The molecule has 1 aliphatic rings. The Morgan fingerprint density at radius 2 is 2.10 bits per heavy atom. The molecule has 31 heavy (non-hydrogen) atoms. The standard InChI is InChI=1S/C17H23FN3O9P/c1-8(2)16(19-12(23)3-4-14(24)25)31(28)29-7-11-10(22)5-13(30-11)21-6-9(18)15(26)20-17(21)27/h6,8,10-11,13,16,22H,3-5,7H2,1-2H3,(H2-,19,20,23,24,25,26,27)/p+1/t10?,11-,13-,16?/m0/s1. The molecule has 0 bridgehead atoms. The summed E-state index contributed by atoms with van der Waals surface area (Å²) < 4.78 is 37.6. The summed E-state index contributed by atoms with van der Waals surface area (Å²) in [6, 6.07) is 0. The Morgan fingerprint density at radius 3 is 2.71 bits per heavy atom. The fraction of sp³-hybridized carbons (Fsp3) is 0.647. The molecule has 0 aromatic carbocycles. The summed E-state index contributed by atoms with van der Waals surface area (Å²) in [5.41, 5.74) is -2.10. The first kappa shape index (κ1) is 24.8. The van der Waals surface area contributed by atoms with E-state index in [1.165, 1.54) is 0 Å². The quantitative estimate of drug-likeness (QED) is 0.348. The van der Waals surface area contributed by atoms with Crippen molar-refractivity contribution in [2.45, 2.75) is 57.3 Å². The van der Waals surface area contributed by atoms with E-state index in [9.17, 15) is 33.2 Å². The second-order valence-electron chi connectivity index (χ2n) is 7.31. The molecule has 172 valence electrons. The summed E-state index contributed by atoms with van der Waals surface area (Å²) in [4.78, 5) is 47.2. The Labute approximate surface area is 176 Å². The highest BCUT2D eigenvalue weighted by Gasteiger charge is 2.41. The molecule has 1 amide bonds. The third-order valence-corrected chi connectivity index (χ3v) is 6.12. The normalized spacial score (nSPS) is 22.4. The number of halogens is 1. The lowest BCUT2D eigenvalue weighted by Gasteiger charge is -2.15. The lowest BCUT2D eigenvalue weighted by molar-refractivity contribution is -0.138. The number of nitrogens with zero attached hydrogens (tertiary/aromatic N) is 1. The number of ether oxygens (including phenoxy) is 1. The van der Waals surface area contributed by atoms with E-state index in [1.807, 2.05) is 0 Å². The number of H-pyrrole nitrogens is 1. The number of aromatic amines is 1. The molecule has 1 aliphatic heterocycles. The monoisotopic (exact) mass is 464 g/mol. The summed E-state index contributed by atoms with van der Waals surface area (Å²) in [6.07, 6.45) is -3.28. The van der Waals surface area contributed by atoms with Crippen molar-refractivity contribution < 1.29 is 38.0 Å². The number of aromatic nitrogens is 2. The maximum absolute atomic E-state index is 13.5. The molecule has 2 heterocycles. The maximum atomic E-state index is 13.5. The first-order valence-corrected chi connectivity index (χ1v) is 10.7. The summed E-state index contributed by atoms with van der Waals surface area (Å²) in [6.45, 7) is 3.03. The Hall–Kier alpha value is -2.47. The molecule has 0 aliphatic carbocycles. The van der Waals surface area contributed by atoms with Crippen LogP contribution in [0.5, 0.6) is 0 Å². The van der Waals surface area contributed by atoms with Crippen LogP contribution in [0.15, 0.2) is 15.8 Å². The highest BCUT2D eigenvalue weighted by molar-refractivity contribution is 7.40. The van der Waals surface area contributed by atoms with Gasteiger partial charge in [-0.25, -0.2) is 4.79 Å². The van der Waals surface area contributed by atoms with Crippen LogP contribution in [0.1, 0.15) is 39.3 Å². The molecule has 1 aromatic rings. The predicted octanol–water partition coefficient (Wildman–Crippen LogP) is 0.0462. The molecule has 3 unspecified atom stereocenters. The number of carboxylic acid groups (broad SMARTS) is 1. The van der Waals surface area contributed by atoms with Crippen LogP contribution in [-0.4, -0.2) is 56.2 Å². The van der Waals surface area contributed by atoms with Gasteiger partial charge in [0.15, 0.2) is 0 Å². The number of hydrogen-bond donors (Lipinski definition) is 4. The maximum Gasteiger partial charge on any atom is 0.533 e. The van der Waals surface area contributed by atoms with Gasteiger partial charge >= 0.3 is 19.7 Å². The van der Waals surface area contributed by atoms with Crippen LogP contribution in [0.3, 0.4) is 0 Å². The van der Waals surface area contributed by atoms with E-state index in [4.69, 9.17) is 14.4 Å². The van der Waals surface area contributed by atoms with E-state index in [-0.39, 0.29) is 31.8 Å². The largest absolute Gasteiger partial charge is 0.533 e. The predicted molar refractivity (Wildman–Crippen MR) is 103 cm³/mol. The number of rotatable bonds is 10. The zero-order valence-electron chi connectivity index (χ0n) is 16.8. The minimum atomic E-state index is -2.46. The van der Waals surface area contributed by atoms with Crippen molar-refractivity contribution in [3.8, 4) is 0 Å². The molecule has 1 saturated heterocycles. The van der Waals surface area contributed by atoms with Crippen molar-refractivity contribution in [3.05, 3.63) is 32.9 Å². The lowest BCUT2D eigenvalue weighted by atomic mass is 10.2. The van der Waals surface area contributed by atoms with Gasteiger partial charge in [0.25, 0.3) is 11.3 Å². The van der Waals surface area contributed by atoms with Gasteiger partial charge in [-0.2, -0.15) is 4.39 Å². The van der Waals surface area contributed by atoms with Crippen LogP contribution in [0.2, 0.25) is 0 Å². The highest BCUT2D eigenvalue weighted by atomic mass is 31.1. The molecule has 0 spiro atoms. The molecule has 1 aromatic heterocycles. The van der Waals surface area contributed by atoms with Gasteiger partial charge in [-0.05, 0) is 4.57 Å². The van der Waals surface area contributed by atoms with Crippen molar-refractivity contribution in [1.29, 1.82) is 0 Å². The van der Waals surface area contributed by atoms with E-state index in [0.717, 1.165) is 4.57 Å². The summed E-state index contributed by atoms with van der Waals surface area (Å²) in [7, 11) is -2.46. The number of carbonyl (C=O) groups is 2. The van der Waals surface area contributed by atoms with Crippen LogP contribution in [0, 0.1) is 11.7 Å². The van der Waals surface area contributed by atoms with Gasteiger partial charge < -0.3 is 20.3 Å². The number of aliphatic hydroxyl groups excluding tert-OH is 1. The van der Waals surface area contributed by atoms with Crippen LogP contribution >= 0.6 is 8.03 Å². The number of amides is 1. The van der Waals surface area contributed by atoms with Gasteiger partial charge in [-0.15, -0.1) is 4.52 Å². The second kappa shape index (κ2) is 10.7. The van der Waals surface area contributed by atoms with E-state index in [0.29, 0.717) is 6.20 Å². The molecular formula is C17H24FN3O9P+. The van der Waals surface area contributed by atoms with Crippen LogP contribution in [-0.2, 0) is 23.4 Å². The van der Waals surface area contributed by atoms with Crippen molar-refractivity contribution in [2.75, 3.05) is 6.61 Å². The zero-order valence-corrected chi connectivity index (χ0v) is 17.7. The molecule has 12 nitrogen and oxygen atoms in total. The molecule has 0 saturated carbocycles. The van der Waals surface area contributed by atoms with Crippen LogP contribution in [0.25, 0.3) is 0 Å². The molecule has 5 atom stereocenters. The average molecular weight is 464 g/mol. The number of carbonyl (C=O) groups excluding carboxylic acids is 1. The van der Waals surface area contributed by atoms with Gasteiger partial charge in [-0.1, -0.05) is 13.8 Å². The molecule has 2 rings (SSSR count). The van der Waals surface area contributed by atoms with Crippen molar-refractivity contribution in [2.24, 2.45) is 5.92 Å². The van der Waals surface area contributed by atoms with E-state index in [1.54, 1.807) is 18.8 Å². The fourth-order valence-electron chi connectivity index (χ4n) is 2.86. The van der Waals surface area contributed by atoms with E-state index >= 15 is 0 Å². The van der Waals surface area contributed by atoms with Crippen molar-refractivity contribution in [3.63, 3.8) is 0 Å². The molecule has 4 N–H and O–H groups in total. The third kappa shape index (κ3) is 6.76. The third-order valence-electron chi connectivity index (χ3n) is 4.54. The Balaban J connectivity index is 1.96. The van der Waals surface area contributed by atoms with E-state index in [2.05, 4.69) is 5.32 Å². The molecular weight excluding hydrogens is 440 g/mol. The van der Waals surface area contributed by atoms with Gasteiger partial charge in [0.1, 0.15) is 18.9 Å². The Bertz CT molecular complexity index is 948. The Morgan fingerprint density at radius 1 is 1.42 bits per heavy atom. The second-order valence-corrected chi connectivity index (χ2v) is 8.69. The first-order chi connectivity index (χ1) is 14.5. The average Bonchev–Trinajstić information content (AvgIpc) is 3.05. The number of nitrogens with one attached hydrogen (secondary N) is 2. The first-order valence-electron chi connectivity index (χ1n) is 9.44. The van der Waals surface area contributed by atoms with Crippen molar-refractivity contribution in [1.82, 2.24) is 14.9 Å². The number of aliphatic carboxylic acids is 1. The molecule has 0 radical (unpaired) electrons. The minimum Gasteiger partial charge on any atom is -0.481 e. The fourth-order valence-corrected chi connectivity index (χ4v) is 4.05. The van der Waals surface area contributed by atoms with E-state index < -0.39 is 61.2 Å². The number of hydrogen-bond acceptors (Lipinski definition) is 8.